The van der Waals surface area contributed by atoms with Crippen molar-refractivity contribution >= 4 is 62.3 Å². The van der Waals surface area contributed by atoms with E-state index in [9.17, 15) is 0 Å². The molecule has 1 saturated carbocycles. The Morgan fingerprint density at radius 2 is 1.42 bits per heavy atom. The Morgan fingerprint density at radius 1 is 0.673 bits per heavy atom. The molecule has 1 N–H and O–H groups in total. The number of aliphatic imine (C=N–C) groups is 1. The topological polar surface area (TPSA) is 29.3 Å². The lowest BCUT2D eigenvalue weighted by Gasteiger charge is -2.29. The fourth-order valence-corrected chi connectivity index (χ4v) is 9.95. The Morgan fingerprint density at radius 3 is 2.31 bits per heavy atom. The molecule has 5 unspecified atom stereocenters. The minimum absolute atomic E-state index is 0.00749. The first kappa shape index (κ1) is 28.5. The lowest BCUT2D eigenvalue weighted by molar-refractivity contribution is 0.791. The zero-order chi connectivity index (χ0) is 34.0. The van der Waals surface area contributed by atoms with Crippen LogP contribution in [-0.2, 0) is 5.41 Å². The molecule has 0 bridgehead atoms. The van der Waals surface area contributed by atoms with Gasteiger partial charge in [-0.3, -0.25) is 4.57 Å². The van der Waals surface area contributed by atoms with Gasteiger partial charge < -0.3 is 5.32 Å². The number of nitrogens with one attached hydrogen (secondary N) is 1. The van der Waals surface area contributed by atoms with Crippen LogP contribution in [-0.4, -0.2) is 10.5 Å². The summed E-state index contributed by atoms with van der Waals surface area (Å²) in [6.07, 6.45) is 20.0. The number of benzene rings is 6. The summed E-state index contributed by atoms with van der Waals surface area (Å²) in [5.41, 5.74) is 8.72. The van der Waals surface area contributed by atoms with E-state index in [0.717, 1.165) is 18.1 Å². The molecule has 2 heterocycles. The molecular weight excluding hydrogens is 631 g/mol. The van der Waals surface area contributed by atoms with Crippen molar-refractivity contribution in [3.63, 3.8) is 0 Å². The molecule has 0 radical (unpaired) electrons. The highest BCUT2D eigenvalue weighted by Gasteiger charge is 2.64. The minimum Gasteiger partial charge on any atom is -0.325 e. The number of nitrogens with zero attached hydrogens (tertiary/aromatic N) is 2. The SMILES string of the molecule is C1=CC2C3C=Cc4c(c5cc6ccccc6cc5n4C4=NC(c5ccc6ccccc6c5)c5ccc(C6C=c7ccccc7=CC6)cc5N4)C23C=C1. The number of fused-ring (bicyclic) bond motifs is 8. The summed E-state index contributed by atoms with van der Waals surface area (Å²) < 4.78 is 2.43. The van der Waals surface area contributed by atoms with Crippen LogP contribution in [0.2, 0.25) is 0 Å². The van der Waals surface area contributed by atoms with E-state index < -0.39 is 0 Å². The molecule has 4 aliphatic carbocycles. The molecule has 1 aromatic heterocycles. The lowest BCUT2D eigenvalue weighted by Crippen LogP contribution is -2.29. The predicted molar refractivity (Wildman–Crippen MR) is 216 cm³/mol. The quantitative estimate of drug-likeness (QED) is 0.196. The number of anilines is 1. The maximum Gasteiger partial charge on any atom is 0.208 e. The molecular formula is C49H35N3. The van der Waals surface area contributed by atoms with E-state index in [-0.39, 0.29) is 11.5 Å². The van der Waals surface area contributed by atoms with Gasteiger partial charge in [-0.05, 0) is 97.3 Å². The normalized spacial score (nSPS) is 24.5. The van der Waals surface area contributed by atoms with Crippen LogP contribution in [0.15, 0.2) is 157 Å². The molecule has 3 heteroatoms. The summed E-state index contributed by atoms with van der Waals surface area (Å²) in [7, 11) is 0. The number of hydrogen-bond donors (Lipinski definition) is 1. The van der Waals surface area contributed by atoms with E-state index in [1.807, 2.05) is 0 Å². The average Bonchev–Trinajstić information content (AvgIpc) is 3.77. The van der Waals surface area contributed by atoms with Crippen molar-refractivity contribution in [3.05, 3.63) is 190 Å². The third kappa shape index (κ3) is 3.94. The third-order valence-electron chi connectivity index (χ3n) is 12.5. The molecule has 52 heavy (non-hydrogen) atoms. The van der Waals surface area contributed by atoms with Gasteiger partial charge in [-0.1, -0.05) is 140 Å². The van der Waals surface area contributed by atoms with Gasteiger partial charge >= 0.3 is 0 Å². The Kier molecular flexibility index (Phi) is 5.72. The molecule has 5 atom stereocenters. The van der Waals surface area contributed by atoms with Crippen LogP contribution in [0, 0.1) is 11.8 Å². The van der Waals surface area contributed by atoms with Crippen LogP contribution in [0.3, 0.4) is 0 Å². The Balaban J connectivity index is 1.09. The van der Waals surface area contributed by atoms with Crippen molar-refractivity contribution in [1.29, 1.82) is 0 Å². The van der Waals surface area contributed by atoms with Gasteiger partial charge in [0, 0.05) is 28.0 Å². The maximum atomic E-state index is 5.68. The summed E-state index contributed by atoms with van der Waals surface area (Å²) in [5.74, 6) is 2.17. The summed E-state index contributed by atoms with van der Waals surface area (Å²) >= 11 is 0. The zero-order valence-electron chi connectivity index (χ0n) is 28.6. The molecule has 0 amide bonds. The van der Waals surface area contributed by atoms with Crippen molar-refractivity contribution in [1.82, 2.24) is 4.57 Å². The largest absolute Gasteiger partial charge is 0.325 e. The monoisotopic (exact) mass is 665 g/mol. The molecule has 3 nitrogen and oxygen atoms in total. The molecule has 1 aliphatic heterocycles. The highest BCUT2D eigenvalue weighted by atomic mass is 15.2. The van der Waals surface area contributed by atoms with E-state index >= 15 is 0 Å². The maximum absolute atomic E-state index is 5.68. The first-order valence-electron chi connectivity index (χ1n) is 18.6. The third-order valence-corrected chi connectivity index (χ3v) is 12.5. The summed E-state index contributed by atoms with van der Waals surface area (Å²) in [6, 6.07) is 44.7. The second-order valence-electron chi connectivity index (χ2n) is 15.2. The van der Waals surface area contributed by atoms with Crippen molar-refractivity contribution in [3.8, 4) is 0 Å². The van der Waals surface area contributed by atoms with Gasteiger partial charge in [0.1, 0.15) is 6.04 Å². The minimum atomic E-state index is -0.161. The summed E-state index contributed by atoms with van der Waals surface area (Å²) in [5, 5.41) is 12.9. The van der Waals surface area contributed by atoms with Crippen molar-refractivity contribution in [2.45, 2.75) is 23.8 Å². The highest BCUT2D eigenvalue weighted by molar-refractivity contribution is 6.11. The molecule has 0 saturated heterocycles. The van der Waals surface area contributed by atoms with Gasteiger partial charge in [0.05, 0.1) is 11.2 Å². The van der Waals surface area contributed by atoms with E-state index in [1.165, 1.54) is 70.8 Å². The van der Waals surface area contributed by atoms with E-state index in [4.69, 9.17) is 4.99 Å². The number of allylic oxidation sites excluding steroid dienone is 5. The number of aromatic nitrogens is 1. The second-order valence-corrected chi connectivity index (χ2v) is 15.2. The van der Waals surface area contributed by atoms with Gasteiger partial charge in [0.25, 0.3) is 0 Å². The van der Waals surface area contributed by atoms with Gasteiger partial charge in [0.15, 0.2) is 0 Å². The average molecular weight is 666 g/mol. The van der Waals surface area contributed by atoms with E-state index in [1.54, 1.807) is 0 Å². The lowest BCUT2D eigenvalue weighted by atomic mass is 9.84. The summed E-state index contributed by atoms with van der Waals surface area (Å²) in [4.78, 5) is 5.68. The first-order valence-corrected chi connectivity index (χ1v) is 18.6. The standard InChI is InChI=1S/C49H35N3/c1-3-11-32-25-36(18-16-30(32)9-1)37-20-21-39-43(28-37)50-48(51-47(39)38-19-17-31-10-2-4-12-33(31)26-38)52-44-23-22-42-41-15-7-8-24-49(41,42)46(44)40-27-34-13-5-6-14-35(34)29-45(40)52/h1-17,19-29,36,41-42,47H,18H2,(H,50,51). The molecule has 6 aromatic carbocycles. The van der Waals surface area contributed by atoms with Gasteiger partial charge in [0.2, 0.25) is 5.96 Å². The molecule has 246 valence electrons. The molecule has 1 fully saturated rings. The van der Waals surface area contributed by atoms with Crippen LogP contribution in [0.1, 0.15) is 46.3 Å². The fraction of sp³-hybridized carbons (Fsp3) is 0.122. The predicted octanol–water partition coefficient (Wildman–Crippen LogP) is 9.75. The van der Waals surface area contributed by atoms with Crippen LogP contribution >= 0.6 is 0 Å². The zero-order valence-corrected chi connectivity index (χ0v) is 28.6. The van der Waals surface area contributed by atoms with E-state index in [2.05, 4.69) is 180 Å². The van der Waals surface area contributed by atoms with Gasteiger partial charge in [-0.25, -0.2) is 4.99 Å². The molecule has 7 aromatic rings. The number of rotatable bonds is 2. The van der Waals surface area contributed by atoms with Crippen LogP contribution in [0.4, 0.5) is 5.69 Å². The molecule has 12 rings (SSSR count). The van der Waals surface area contributed by atoms with Gasteiger partial charge in [-0.15, -0.1) is 0 Å². The molecule has 1 spiro atoms. The number of hydrogen-bond acceptors (Lipinski definition) is 2. The Bertz CT molecular complexity index is 2950. The van der Waals surface area contributed by atoms with Crippen molar-refractivity contribution in [2.75, 3.05) is 5.32 Å². The first-order chi connectivity index (χ1) is 25.7. The van der Waals surface area contributed by atoms with Gasteiger partial charge in [-0.2, -0.15) is 0 Å². The smallest absolute Gasteiger partial charge is 0.208 e. The van der Waals surface area contributed by atoms with Crippen LogP contribution < -0.4 is 15.8 Å². The van der Waals surface area contributed by atoms with Crippen molar-refractivity contribution < 1.29 is 0 Å². The summed E-state index contributed by atoms with van der Waals surface area (Å²) in [6.45, 7) is 0. The van der Waals surface area contributed by atoms with Crippen LogP contribution in [0.5, 0.6) is 0 Å². The molecule has 5 aliphatic rings. The van der Waals surface area contributed by atoms with Crippen molar-refractivity contribution in [2.24, 2.45) is 16.8 Å². The second kappa shape index (κ2) is 10.4. The fourth-order valence-electron chi connectivity index (χ4n) is 9.95. The highest BCUT2D eigenvalue weighted by Crippen LogP contribution is 2.68. The van der Waals surface area contributed by atoms with E-state index in [0.29, 0.717) is 17.8 Å². The Labute approximate surface area is 302 Å². The Hall–Kier alpha value is -6.19. The van der Waals surface area contributed by atoms with Crippen LogP contribution in [0.25, 0.3) is 50.7 Å².